The molecule has 0 aliphatic carbocycles. The molecule has 102 valence electrons. The first-order chi connectivity index (χ1) is 9.65. The maximum atomic E-state index is 6.19. The molecule has 1 aromatic heterocycles. The monoisotopic (exact) mass is 306 g/mol. The standard InChI is InChI=1S/C14H12Cl2N4/c1-19-9-20(10-5-3-2-4-6-10)18-14(19)13-11(15)7-8-12(16)17-13/h2-8H,9H2,1H3. The van der Waals surface area contributed by atoms with Crippen LogP contribution in [0.1, 0.15) is 5.69 Å². The molecule has 3 rings (SSSR count). The second kappa shape index (κ2) is 5.31. The Kier molecular flexibility index (Phi) is 3.51. The highest BCUT2D eigenvalue weighted by Gasteiger charge is 2.24. The minimum Gasteiger partial charge on any atom is -0.337 e. The van der Waals surface area contributed by atoms with Crippen molar-refractivity contribution in [3.8, 4) is 0 Å². The number of hydrogen-bond acceptors (Lipinski definition) is 4. The predicted octanol–water partition coefficient (Wildman–Crippen LogP) is 3.46. The van der Waals surface area contributed by atoms with Gasteiger partial charge in [0, 0.05) is 7.05 Å². The molecule has 0 N–H and O–H groups in total. The molecule has 0 amide bonds. The number of rotatable bonds is 2. The molecule has 20 heavy (non-hydrogen) atoms. The van der Waals surface area contributed by atoms with Crippen LogP contribution in [-0.4, -0.2) is 29.4 Å². The summed E-state index contributed by atoms with van der Waals surface area (Å²) >= 11 is 12.1. The fraction of sp³-hybridized carbons (Fsp3) is 0.143. The highest BCUT2D eigenvalue weighted by Crippen LogP contribution is 2.24. The van der Waals surface area contributed by atoms with Gasteiger partial charge in [0.15, 0.2) is 5.84 Å². The molecule has 0 radical (unpaired) electrons. The Bertz CT molecular complexity index is 657. The fourth-order valence-electron chi connectivity index (χ4n) is 2.03. The molecule has 0 spiro atoms. The van der Waals surface area contributed by atoms with Gasteiger partial charge in [-0.3, -0.25) is 0 Å². The van der Waals surface area contributed by atoms with Crippen LogP contribution in [0.3, 0.4) is 0 Å². The molecule has 1 aromatic carbocycles. The predicted molar refractivity (Wildman–Crippen MR) is 82.3 cm³/mol. The average Bonchev–Trinajstić information content (AvgIpc) is 2.84. The van der Waals surface area contributed by atoms with Gasteiger partial charge in [0.25, 0.3) is 0 Å². The molecule has 0 atom stereocenters. The van der Waals surface area contributed by atoms with E-state index >= 15 is 0 Å². The Morgan fingerprint density at radius 3 is 2.55 bits per heavy atom. The summed E-state index contributed by atoms with van der Waals surface area (Å²) in [5, 5.41) is 7.42. The topological polar surface area (TPSA) is 31.7 Å². The van der Waals surface area contributed by atoms with Crippen molar-refractivity contribution >= 4 is 34.7 Å². The maximum Gasteiger partial charge on any atom is 0.177 e. The highest BCUT2D eigenvalue weighted by atomic mass is 35.5. The van der Waals surface area contributed by atoms with Crippen LogP contribution in [0.2, 0.25) is 10.2 Å². The zero-order chi connectivity index (χ0) is 14.1. The van der Waals surface area contributed by atoms with E-state index in [4.69, 9.17) is 23.2 Å². The molecule has 4 nitrogen and oxygen atoms in total. The molecule has 0 saturated heterocycles. The van der Waals surface area contributed by atoms with E-state index in [0.717, 1.165) is 5.69 Å². The molecular weight excluding hydrogens is 295 g/mol. The van der Waals surface area contributed by atoms with E-state index in [9.17, 15) is 0 Å². The summed E-state index contributed by atoms with van der Waals surface area (Å²) in [7, 11) is 1.95. The lowest BCUT2D eigenvalue weighted by atomic mass is 10.3. The number of nitrogens with zero attached hydrogens (tertiary/aromatic N) is 4. The van der Waals surface area contributed by atoms with Crippen molar-refractivity contribution in [2.75, 3.05) is 18.7 Å². The molecule has 0 unspecified atom stereocenters. The number of aromatic nitrogens is 1. The van der Waals surface area contributed by atoms with E-state index in [1.807, 2.05) is 47.3 Å². The molecular formula is C14H12Cl2N4. The van der Waals surface area contributed by atoms with E-state index in [0.29, 0.717) is 28.4 Å². The zero-order valence-corrected chi connectivity index (χ0v) is 12.3. The van der Waals surface area contributed by atoms with Gasteiger partial charge in [-0.2, -0.15) is 5.10 Å². The number of para-hydroxylation sites is 1. The highest BCUT2D eigenvalue weighted by molar-refractivity contribution is 6.35. The van der Waals surface area contributed by atoms with Gasteiger partial charge in [0.1, 0.15) is 17.5 Å². The van der Waals surface area contributed by atoms with Crippen LogP contribution in [0.4, 0.5) is 5.69 Å². The van der Waals surface area contributed by atoms with Crippen molar-refractivity contribution in [2.24, 2.45) is 5.10 Å². The number of pyridine rings is 1. The third kappa shape index (κ3) is 2.44. The summed E-state index contributed by atoms with van der Waals surface area (Å²) < 4.78 is 0. The third-order valence-electron chi connectivity index (χ3n) is 3.00. The van der Waals surface area contributed by atoms with E-state index in [2.05, 4.69) is 10.1 Å². The Morgan fingerprint density at radius 2 is 1.80 bits per heavy atom. The Morgan fingerprint density at radius 1 is 1.05 bits per heavy atom. The number of amidine groups is 1. The Hall–Kier alpha value is -1.78. The lowest BCUT2D eigenvalue weighted by Crippen LogP contribution is -2.28. The molecule has 0 bridgehead atoms. The van der Waals surface area contributed by atoms with E-state index in [1.165, 1.54) is 0 Å². The van der Waals surface area contributed by atoms with Crippen LogP contribution >= 0.6 is 23.2 Å². The number of anilines is 1. The average molecular weight is 307 g/mol. The van der Waals surface area contributed by atoms with Crippen LogP contribution in [-0.2, 0) is 0 Å². The van der Waals surface area contributed by atoms with E-state index < -0.39 is 0 Å². The molecule has 0 fully saturated rings. The normalized spacial score (nSPS) is 14.7. The first-order valence-corrected chi connectivity index (χ1v) is 6.85. The molecule has 6 heteroatoms. The van der Waals surface area contributed by atoms with Crippen LogP contribution in [0.5, 0.6) is 0 Å². The lowest BCUT2D eigenvalue weighted by Gasteiger charge is -2.16. The number of halogens is 2. The third-order valence-corrected chi connectivity index (χ3v) is 3.52. The van der Waals surface area contributed by atoms with Crippen molar-refractivity contribution in [1.29, 1.82) is 0 Å². The minimum absolute atomic E-state index is 0.402. The maximum absolute atomic E-state index is 6.19. The van der Waals surface area contributed by atoms with Gasteiger partial charge in [-0.1, -0.05) is 41.4 Å². The van der Waals surface area contributed by atoms with Crippen molar-refractivity contribution in [3.63, 3.8) is 0 Å². The van der Waals surface area contributed by atoms with Crippen molar-refractivity contribution in [2.45, 2.75) is 0 Å². The van der Waals surface area contributed by atoms with Gasteiger partial charge < -0.3 is 4.90 Å². The minimum atomic E-state index is 0.402. The van der Waals surface area contributed by atoms with Gasteiger partial charge in [0.05, 0.1) is 10.7 Å². The summed E-state index contributed by atoms with van der Waals surface area (Å²) in [6, 6.07) is 13.3. The van der Waals surface area contributed by atoms with Crippen LogP contribution in [0.25, 0.3) is 0 Å². The van der Waals surface area contributed by atoms with Crippen LogP contribution in [0.15, 0.2) is 47.6 Å². The molecule has 2 aromatic rings. The molecule has 2 heterocycles. The first-order valence-electron chi connectivity index (χ1n) is 6.10. The largest absolute Gasteiger partial charge is 0.337 e. The first kappa shape index (κ1) is 13.2. The smallest absolute Gasteiger partial charge is 0.177 e. The Labute approximate surface area is 127 Å². The number of benzene rings is 1. The summed E-state index contributed by atoms with van der Waals surface area (Å²) in [5.74, 6) is 0.710. The second-order valence-corrected chi connectivity index (χ2v) is 5.26. The van der Waals surface area contributed by atoms with Gasteiger partial charge in [-0.25, -0.2) is 9.99 Å². The van der Waals surface area contributed by atoms with Crippen LogP contribution in [0, 0.1) is 0 Å². The van der Waals surface area contributed by atoms with Gasteiger partial charge >= 0.3 is 0 Å². The van der Waals surface area contributed by atoms with Crippen LogP contribution < -0.4 is 5.01 Å². The van der Waals surface area contributed by atoms with Crippen molar-refractivity contribution in [1.82, 2.24) is 9.88 Å². The Balaban J connectivity index is 1.99. The summed E-state index contributed by atoms with van der Waals surface area (Å²) in [4.78, 5) is 6.25. The SMILES string of the molecule is CN1CN(c2ccccc2)N=C1c1nc(Cl)ccc1Cl. The zero-order valence-electron chi connectivity index (χ0n) is 10.8. The van der Waals surface area contributed by atoms with E-state index in [1.54, 1.807) is 12.1 Å². The van der Waals surface area contributed by atoms with Gasteiger partial charge in [-0.15, -0.1) is 0 Å². The van der Waals surface area contributed by atoms with Crippen molar-refractivity contribution < 1.29 is 0 Å². The summed E-state index contributed by atoms with van der Waals surface area (Å²) in [6.45, 7) is 0.643. The van der Waals surface area contributed by atoms with Crippen molar-refractivity contribution in [3.05, 3.63) is 58.3 Å². The summed E-state index contributed by atoms with van der Waals surface area (Å²) in [5.41, 5.74) is 1.62. The molecule has 0 saturated carbocycles. The molecule has 1 aliphatic rings. The summed E-state index contributed by atoms with van der Waals surface area (Å²) in [6.07, 6.45) is 0. The van der Waals surface area contributed by atoms with E-state index in [-0.39, 0.29) is 0 Å². The fourth-order valence-corrected chi connectivity index (χ4v) is 2.37. The quantitative estimate of drug-likeness (QED) is 0.796. The lowest BCUT2D eigenvalue weighted by molar-refractivity contribution is 0.538. The second-order valence-electron chi connectivity index (χ2n) is 4.46. The number of hydrogen-bond donors (Lipinski definition) is 0. The number of hydrazone groups is 1. The van der Waals surface area contributed by atoms with Gasteiger partial charge in [0.2, 0.25) is 0 Å². The molecule has 1 aliphatic heterocycles. The van der Waals surface area contributed by atoms with Gasteiger partial charge in [-0.05, 0) is 24.3 Å².